The van der Waals surface area contributed by atoms with Gasteiger partial charge in [0.25, 0.3) is 5.91 Å². The number of fused-ring (bicyclic) bond motifs is 1. The van der Waals surface area contributed by atoms with Crippen LogP contribution in [0.15, 0.2) is 30.4 Å². The second kappa shape index (κ2) is 13.9. The van der Waals surface area contributed by atoms with Crippen LogP contribution in [0, 0.1) is 17.2 Å². The van der Waals surface area contributed by atoms with Crippen molar-refractivity contribution >= 4 is 39.3 Å². The van der Waals surface area contributed by atoms with E-state index in [1.54, 1.807) is 17.4 Å². The highest BCUT2D eigenvalue weighted by molar-refractivity contribution is 7.18. The standard InChI is InChI=1S/C28H37N5O3S/c1-4-9-25(34)31-22(15-26-32-21-13-12-19(5-2)14-24(21)37-26)28(36)33-23(20-10-7-6-8-11-20)17-30-27(35)18(3)16-29/h12-14,20,22-23H,3-11,15,17H2,1-2H3,(H,30,35)(H,31,34)(H,33,36)/t22-,23+/m0/s1. The molecule has 1 aliphatic carbocycles. The van der Waals surface area contributed by atoms with E-state index in [9.17, 15) is 14.4 Å². The number of rotatable bonds is 12. The maximum atomic E-state index is 13.6. The van der Waals surface area contributed by atoms with Gasteiger partial charge in [0.1, 0.15) is 17.7 Å². The Labute approximate surface area is 222 Å². The van der Waals surface area contributed by atoms with E-state index >= 15 is 0 Å². The number of carbonyl (C=O) groups excluding carboxylic acids is 3. The first-order valence-corrected chi connectivity index (χ1v) is 14.0. The number of hydrogen-bond donors (Lipinski definition) is 3. The van der Waals surface area contributed by atoms with Crippen molar-refractivity contribution in [1.29, 1.82) is 5.26 Å². The first-order valence-electron chi connectivity index (χ1n) is 13.2. The Morgan fingerprint density at radius 3 is 2.62 bits per heavy atom. The third kappa shape index (κ3) is 8.12. The van der Waals surface area contributed by atoms with Gasteiger partial charge >= 0.3 is 0 Å². The quantitative estimate of drug-likeness (QED) is 0.287. The van der Waals surface area contributed by atoms with Crippen molar-refractivity contribution in [2.24, 2.45) is 5.92 Å². The minimum atomic E-state index is -0.777. The molecule has 3 rings (SSSR count). The van der Waals surface area contributed by atoms with Crippen LogP contribution in [0.2, 0.25) is 0 Å². The molecule has 0 radical (unpaired) electrons. The Balaban J connectivity index is 1.78. The topological polar surface area (TPSA) is 124 Å². The molecule has 8 nitrogen and oxygen atoms in total. The normalized spacial score (nSPS) is 15.4. The fraction of sp³-hybridized carbons (Fsp3) is 0.536. The molecular formula is C28H37N5O3S. The predicted octanol–water partition coefficient (Wildman–Crippen LogP) is 3.95. The van der Waals surface area contributed by atoms with Crippen LogP contribution in [0.5, 0.6) is 0 Å². The molecule has 2 atom stereocenters. The van der Waals surface area contributed by atoms with Gasteiger partial charge in [0.05, 0.1) is 15.2 Å². The molecule has 3 amide bonds. The fourth-order valence-electron chi connectivity index (χ4n) is 4.72. The molecule has 1 heterocycles. The van der Waals surface area contributed by atoms with Gasteiger partial charge in [0.15, 0.2) is 0 Å². The van der Waals surface area contributed by atoms with E-state index in [0.717, 1.165) is 53.7 Å². The zero-order chi connectivity index (χ0) is 26.8. The molecule has 0 unspecified atom stereocenters. The lowest BCUT2D eigenvalue weighted by molar-refractivity contribution is -0.129. The highest BCUT2D eigenvalue weighted by atomic mass is 32.1. The number of amides is 3. The van der Waals surface area contributed by atoms with Crippen LogP contribution in [0.25, 0.3) is 10.2 Å². The van der Waals surface area contributed by atoms with E-state index in [1.165, 1.54) is 5.56 Å². The number of carbonyl (C=O) groups is 3. The molecule has 2 aromatic rings. The summed E-state index contributed by atoms with van der Waals surface area (Å²) in [6, 6.07) is 6.85. The van der Waals surface area contributed by atoms with Crippen molar-refractivity contribution in [2.75, 3.05) is 6.54 Å². The van der Waals surface area contributed by atoms with Crippen molar-refractivity contribution in [1.82, 2.24) is 20.9 Å². The molecule has 37 heavy (non-hydrogen) atoms. The molecule has 198 valence electrons. The molecule has 1 aliphatic rings. The maximum Gasteiger partial charge on any atom is 0.261 e. The van der Waals surface area contributed by atoms with Gasteiger partial charge in [0, 0.05) is 25.4 Å². The zero-order valence-electron chi connectivity index (χ0n) is 21.8. The van der Waals surface area contributed by atoms with Crippen LogP contribution in [0.3, 0.4) is 0 Å². The Bertz CT molecular complexity index is 1160. The summed E-state index contributed by atoms with van der Waals surface area (Å²) in [6.07, 6.45) is 7.43. The average molecular weight is 524 g/mol. The lowest BCUT2D eigenvalue weighted by Gasteiger charge is -2.32. The molecule has 0 saturated heterocycles. The van der Waals surface area contributed by atoms with E-state index < -0.39 is 11.9 Å². The Hall–Kier alpha value is -3.25. The molecule has 1 saturated carbocycles. The van der Waals surface area contributed by atoms with E-state index in [1.807, 2.05) is 13.0 Å². The van der Waals surface area contributed by atoms with E-state index in [4.69, 9.17) is 10.2 Å². The van der Waals surface area contributed by atoms with Crippen LogP contribution in [-0.2, 0) is 27.2 Å². The van der Waals surface area contributed by atoms with Crippen LogP contribution in [-0.4, -0.2) is 41.3 Å². The monoisotopic (exact) mass is 523 g/mol. The lowest BCUT2D eigenvalue weighted by atomic mass is 9.83. The summed E-state index contributed by atoms with van der Waals surface area (Å²) in [5.41, 5.74) is 1.95. The summed E-state index contributed by atoms with van der Waals surface area (Å²) in [5.74, 6) is -0.798. The lowest BCUT2D eigenvalue weighted by Crippen LogP contribution is -2.55. The number of nitrogens with one attached hydrogen (secondary N) is 3. The highest BCUT2D eigenvalue weighted by Gasteiger charge is 2.30. The van der Waals surface area contributed by atoms with Gasteiger partial charge in [-0.25, -0.2) is 4.98 Å². The molecule has 1 fully saturated rings. The Morgan fingerprint density at radius 1 is 1.19 bits per heavy atom. The van der Waals surface area contributed by atoms with Crippen LogP contribution >= 0.6 is 11.3 Å². The van der Waals surface area contributed by atoms with Gasteiger partial charge in [-0.15, -0.1) is 11.3 Å². The molecule has 1 aromatic carbocycles. The summed E-state index contributed by atoms with van der Waals surface area (Å²) < 4.78 is 1.06. The SMILES string of the molecule is C=C(C#N)C(=O)NC[C@@H](NC(=O)[C@H](Cc1nc2ccc(CC)cc2s1)NC(=O)CCC)C1CCCCC1. The first kappa shape index (κ1) is 28.3. The highest BCUT2D eigenvalue weighted by Crippen LogP contribution is 2.27. The van der Waals surface area contributed by atoms with Crippen molar-refractivity contribution in [3.8, 4) is 6.07 Å². The van der Waals surface area contributed by atoms with Gasteiger partial charge in [-0.05, 0) is 49.3 Å². The molecule has 0 bridgehead atoms. The molecule has 3 N–H and O–H groups in total. The van der Waals surface area contributed by atoms with Crippen molar-refractivity contribution < 1.29 is 14.4 Å². The fourth-order valence-corrected chi connectivity index (χ4v) is 5.79. The molecule has 0 aliphatic heterocycles. The van der Waals surface area contributed by atoms with E-state index in [0.29, 0.717) is 12.8 Å². The van der Waals surface area contributed by atoms with Gasteiger partial charge in [-0.3, -0.25) is 14.4 Å². The number of aryl methyl sites for hydroxylation is 1. The zero-order valence-corrected chi connectivity index (χ0v) is 22.6. The third-order valence-electron chi connectivity index (χ3n) is 6.85. The second-order valence-corrected chi connectivity index (χ2v) is 10.8. The average Bonchev–Trinajstić information content (AvgIpc) is 3.31. The number of thiazole rings is 1. The molecule has 1 aromatic heterocycles. The van der Waals surface area contributed by atoms with Gasteiger partial charge in [0.2, 0.25) is 11.8 Å². The summed E-state index contributed by atoms with van der Waals surface area (Å²) in [5, 5.41) is 18.5. The second-order valence-electron chi connectivity index (χ2n) is 9.65. The summed E-state index contributed by atoms with van der Waals surface area (Å²) in [6.45, 7) is 7.69. The van der Waals surface area contributed by atoms with Gasteiger partial charge in [-0.2, -0.15) is 5.26 Å². The molecule has 0 spiro atoms. The van der Waals surface area contributed by atoms with Crippen LogP contribution in [0.4, 0.5) is 0 Å². The smallest absolute Gasteiger partial charge is 0.261 e. The predicted molar refractivity (Wildman–Crippen MR) is 146 cm³/mol. The Morgan fingerprint density at radius 2 is 1.95 bits per heavy atom. The van der Waals surface area contributed by atoms with Crippen LogP contribution in [0.1, 0.15) is 69.4 Å². The molecule has 9 heteroatoms. The number of aromatic nitrogens is 1. The van der Waals surface area contributed by atoms with Crippen molar-refractivity contribution in [2.45, 2.75) is 83.7 Å². The van der Waals surface area contributed by atoms with Crippen molar-refractivity contribution in [3.05, 3.63) is 40.9 Å². The minimum Gasteiger partial charge on any atom is -0.350 e. The minimum absolute atomic E-state index is 0.166. The number of nitriles is 1. The number of nitrogens with zero attached hydrogens (tertiary/aromatic N) is 2. The van der Waals surface area contributed by atoms with Gasteiger partial charge < -0.3 is 16.0 Å². The van der Waals surface area contributed by atoms with E-state index in [-0.39, 0.29) is 42.3 Å². The third-order valence-corrected chi connectivity index (χ3v) is 7.89. The summed E-state index contributed by atoms with van der Waals surface area (Å²) in [7, 11) is 0. The molecular weight excluding hydrogens is 486 g/mol. The maximum absolute atomic E-state index is 13.6. The van der Waals surface area contributed by atoms with Crippen molar-refractivity contribution in [3.63, 3.8) is 0 Å². The van der Waals surface area contributed by atoms with Gasteiger partial charge in [-0.1, -0.05) is 45.8 Å². The Kier molecular flexibility index (Phi) is 10.6. The summed E-state index contributed by atoms with van der Waals surface area (Å²) >= 11 is 1.54. The number of benzene rings is 1. The largest absolute Gasteiger partial charge is 0.350 e. The van der Waals surface area contributed by atoms with Crippen LogP contribution < -0.4 is 16.0 Å². The number of hydrogen-bond acceptors (Lipinski definition) is 6. The summed E-state index contributed by atoms with van der Waals surface area (Å²) in [4.78, 5) is 42.9. The van der Waals surface area contributed by atoms with E-state index in [2.05, 4.69) is 41.6 Å². The first-order chi connectivity index (χ1) is 17.8.